The van der Waals surface area contributed by atoms with Crippen molar-refractivity contribution in [2.75, 3.05) is 19.7 Å². The van der Waals surface area contributed by atoms with Gasteiger partial charge in [0.05, 0.1) is 10.0 Å². The number of hydrogen-bond donors (Lipinski definition) is 2. The number of phenols is 1. The number of rotatable bonds is 6. The van der Waals surface area contributed by atoms with Gasteiger partial charge in [0.2, 0.25) is 10.0 Å². The summed E-state index contributed by atoms with van der Waals surface area (Å²) in [6, 6.07) is 2.35. The van der Waals surface area contributed by atoms with Crippen molar-refractivity contribution in [3.8, 4) is 11.5 Å². The third-order valence-corrected chi connectivity index (χ3v) is 5.45. The molecule has 138 valence electrons. The first-order valence-corrected chi connectivity index (χ1v) is 9.75. The van der Waals surface area contributed by atoms with Gasteiger partial charge in [0.1, 0.15) is 11.5 Å². The molecule has 1 aliphatic rings. The van der Waals surface area contributed by atoms with Gasteiger partial charge in [-0.05, 0) is 18.9 Å². The van der Waals surface area contributed by atoms with Crippen LogP contribution in [0.3, 0.4) is 0 Å². The average molecular weight is 409 g/mol. The Bertz CT molecular complexity index is 761. The first-order valence-electron chi connectivity index (χ1n) is 7.45. The maximum Gasteiger partial charge on any atom is 0.260 e. The lowest BCUT2D eigenvalue weighted by atomic mass is 10.1. The van der Waals surface area contributed by atoms with Gasteiger partial charge in [0.15, 0.2) is 6.61 Å². The molecule has 1 aromatic carbocycles. The second-order valence-corrected chi connectivity index (χ2v) is 7.98. The highest BCUT2D eigenvalue weighted by Gasteiger charge is 2.25. The summed E-state index contributed by atoms with van der Waals surface area (Å²) in [6.45, 7) is 3.82. The molecule has 1 aliphatic heterocycles. The molecule has 7 nitrogen and oxygen atoms in total. The molecule has 1 heterocycles. The lowest BCUT2D eigenvalue weighted by Crippen LogP contribution is -2.47. The van der Waals surface area contributed by atoms with Crippen molar-refractivity contribution in [2.24, 2.45) is 0 Å². The summed E-state index contributed by atoms with van der Waals surface area (Å²) in [5.41, 5.74) is 0. The Hall–Kier alpha value is -1.48. The van der Waals surface area contributed by atoms with Crippen molar-refractivity contribution in [1.82, 2.24) is 9.62 Å². The summed E-state index contributed by atoms with van der Waals surface area (Å²) in [5.74, 6) is -0.287. The molecular formula is C15H18Cl2N2O5S. The smallest absolute Gasteiger partial charge is 0.260 e. The van der Waals surface area contributed by atoms with E-state index in [1.807, 2.05) is 0 Å². The molecule has 0 spiro atoms. The second kappa shape index (κ2) is 8.27. The minimum atomic E-state index is -3.48. The van der Waals surface area contributed by atoms with Gasteiger partial charge < -0.3 is 14.7 Å². The molecule has 1 amide bonds. The first-order chi connectivity index (χ1) is 11.7. The zero-order chi connectivity index (χ0) is 18.6. The van der Waals surface area contributed by atoms with Crippen molar-refractivity contribution in [1.29, 1.82) is 0 Å². The monoisotopic (exact) mass is 408 g/mol. The van der Waals surface area contributed by atoms with Crippen LogP contribution in [0.15, 0.2) is 24.1 Å². The summed E-state index contributed by atoms with van der Waals surface area (Å²) in [4.78, 5) is 13.8. The summed E-state index contributed by atoms with van der Waals surface area (Å²) in [5, 5.41) is 10.7. The molecule has 0 saturated carbocycles. The lowest BCUT2D eigenvalue weighted by molar-refractivity contribution is -0.134. The minimum Gasteiger partial charge on any atom is -0.506 e. The maximum atomic E-state index is 12.2. The van der Waals surface area contributed by atoms with E-state index in [4.69, 9.17) is 27.9 Å². The van der Waals surface area contributed by atoms with Crippen LogP contribution in [0.2, 0.25) is 10.0 Å². The summed E-state index contributed by atoms with van der Waals surface area (Å²) in [7, 11) is -3.48. The molecule has 1 saturated heterocycles. The van der Waals surface area contributed by atoms with Crippen molar-refractivity contribution in [3.05, 3.63) is 34.2 Å². The molecule has 0 aromatic heterocycles. The topological polar surface area (TPSA) is 95.9 Å². The maximum absolute atomic E-state index is 12.2. The quantitative estimate of drug-likeness (QED) is 0.751. The number of likely N-dealkylation sites (tertiary alicyclic amines) is 1. The molecule has 1 aromatic rings. The number of carbonyl (C=O) groups excluding carboxylic acids is 1. The van der Waals surface area contributed by atoms with Crippen LogP contribution in [0.4, 0.5) is 0 Å². The number of ether oxygens (including phenoxy) is 1. The summed E-state index contributed by atoms with van der Waals surface area (Å²) < 4.78 is 30.8. The van der Waals surface area contributed by atoms with Gasteiger partial charge >= 0.3 is 0 Å². The van der Waals surface area contributed by atoms with Crippen molar-refractivity contribution < 1.29 is 23.1 Å². The van der Waals surface area contributed by atoms with Crippen LogP contribution < -0.4 is 9.46 Å². The number of amides is 1. The molecular weight excluding hydrogens is 391 g/mol. The predicted molar refractivity (Wildman–Crippen MR) is 95.5 cm³/mol. The van der Waals surface area contributed by atoms with Crippen molar-refractivity contribution in [2.45, 2.75) is 18.9 Å². The van der Waals surface area contributed by atoms with Gasteiger partial charge in [-0.2, -0.15) is 0 Å². The summed E-state index contributed by atoms with van der Waals surface area (Å²) >= 11 is 11.7. The fraction of sp³-hybridized carbons (Fsp3) is 0.400. The number of phenolic OH excluding ortho intramolecular Hbond substituents is 1. The highest BCUT2D eigenvalue weighted by molar-refractivity contribution is 7.92. The van der Waals surface area contributed by atoms with Crippen LogP contribution >= 0.6 is 23.2 Å². The van der Waals surface area contributed by atoms with E-state index in [-0.39, 0.29) is 40.1 Å². The Balaban J connectivity index is 1.85. The number of aromatic hydroxyl groups is 1. The molecule has 0 aliphatic carbocycles. The second-order valence-electron chi connectivity index (χ2n) is 5.51. The van der Waals surface area contributed by atoms with Gasteiger partial charge in [-0.3, -0.25) is 4.79 Å². The van der Waals surface area contributed by atoms with E-state index in [1.54, 1.807) is 4.90 Å². The Labute approximate surface area is 156 Å². The Morgan fingerprint density at radius 1 is 1.36 bits per heavy atom. The lowest BCUT2D eigenvalue weighted by Gasteiger charge is -2.32. The minimum absolute atomic E-state index is 0.0905. The van der Waals surface area contributed by atoms with E-state index in [2.05, 4.69) is 11.3 Å². The first kappa shape index (κ1) is 19.8. The van der Waals surface area contributed by atoms with Gasteiger partial charge in [0.25, 0.3) is 5.91 Å². The number of benzene rings is 1. The normalized spacial score (nSPS) is 15.8. The molecule has 0 bridgehead atoms. The van der Waals surface area contributed by atoms with Crippen molar-refractivity contribution >= 4 is 39.1 Å². The fourth-order valence-electron chi connectivity index (χ4n) is 2.39. The van der Waals surface area contributed by atoms with Crippen LogP contribution in [0, 0.1) is 0 Å². The number of carbonyl (C=O) groups is 1. The van der Waals surface area contributed by atoms with Crippen LogP contribution in [-0.2, 0) is 14.8 Å². The molecule has 0 unspecified atom stereocenters. The number of halogens is 2. The molecule has 25 heavy (non-hydrogen) atoms. The fourth-order valence-corrected chi connectivity index (χ4v) is 3.62. The van der Waals surface area contributed by atoms with E-state index >= 15 is 0 Å². The van der Waals surface area contributed by atoms with Crippen molar-refractivity contribution in [3.63, 3.8) is 0 Å². The number of hydrogen-bond acceptors (Lipinski definition) is 5. The Morgan fingerprint density at radius 3 is 2.60 bits per heavy atom. The Morgan fingerprint density at radius 2 is 2.00 bits per heavy atom. The molecule has 10 heteroatoms. The molecule has 1 fully saturated rings. The zero-order valence-electron chi connectivity index (χ0n) is 13.2. The van der Waals surface area contributed by atoms with Crippen LogP contribution in [0.5, 0.6) is 11.5 Å². The highest BCUT2D eigenvalue weighted by atomic mass is 35.5. The van der Waals surface area contributed by atoms with Gasteiger partial charge in [-0.1, -0.05) is 29.8 Å². The highest BCUT2D eigenvalue weighted by Crippen LogP contribution is 2.34. The molecule has 2 rings (SSSR count). The molecule has 0 radical (unpaired) electrons. The summed E-state index contributed by atoms with van der Waals surface area (Å²) in [6.07, 6.45) is 1.00. The number of nitrogens with zero attached hydrogens (tertiary/aromatic N) is 1. The van der Waals surface area contributed by atoms with Crippen LogP contribution in [0.1, 0.15) is 12.8 Å². The molecule has 0 atom stereocenters. The zero-order valence-corrected chi connectivity index (χ0v) is 15.6. The number of nitrogens with one attached hydrogen (secondary N) is 1. The largest absolute Gasteiger partial charge is 0.506 e. The van der Waals surface area contributed by atoms with Gasteiger partial charge in [0, 0.05) is 30.6 Å². The molecule has 2 N–H and O–H groups in total. The SMILES string of the molecule is C=CS(=O)(=O)NC1CCN(C(=O)COc2cc(O)c(Cl)cc2Cl)CC1. The van der Waals surface area contributed by atoms with E-state index in [9.17, 15) is 18.3 Å². The predicted octanol–water partition coefficient (Wildman–Crippen LogP) is 2.13. The van der Waals surface area contributed by atoms with E-state index in [1.165, 1.54) is 12.1 Å². The van der Waals surface area contributed by atoms with E-state index in [0.29, 0.717) is 25.9 Å². The third-order valence-electron chi connectivity index (χ3n) is 3.75. The van der Waals surface area contributed by atoms with Gasteiger partial charge in [-0.25, -0.2) is 13.1 Å². The number of sulfonamides is 1. The average Bonchev–Trinajstić information content (AvgIpc) is 2.57. The number of piperidine rings is 1. The van der Waals surface area contributed by atoms with Crippen LogP contribution in [-0.4, -0.2) is 50.1 Å². The third kappa shape index (κ3) is 5.50. The van der Waals surface area contributed by atoms with Gasteiger partial charge in [-0.15, -0.1) is 0 Å². The standard InChI is InChI=1S/C15H18Cl2N2O5S/c1-2-25(22,23)18-10-3-5-19(6-4-10)15(21)9-24-14-8-13(20)11(16)7-12(14)17/h2,7-8,10,18,20H,1,3-6,9H2. The Kier molecular flexibility index (Phi) is 6.56. The van der Waals surface area contributed by atoms with E-state index in [0.717, 1.165) is 5.41 Å². The van der Waals surface area contributed by atoms with Crippen LogP contribution in [0.25, 0.3) is 0 Å². The van der Waals surface area contributed by atoms with E-state index < -0.39 is 10.0 Å².